The number of hydrogen-bond acceptors (Lipinski definition) is 3. The Kier molecular flexibility index (Phi) is 8.41. The van der Waals surface area contributed by atoms with E-state index in [2.05, 4.69) is 11.8 Å². The molecule has 4 nitrogen and oxygen atoms in total. The number of sulfonamides is 1. The van der Waals surface area contributed by atoms with Crippen LogP contribution < -0.4 is 0 Å². The molecular formula is C27H27NO3S. The van der Waals surface area contributed by atoms with Gasteiger partial charge in [-0.15, -0.1) is 0 Å². The number of aliphatic hydroxyl groups excluding tert-OH is 1. The summed E-state index contributed by atoms with van der Waals surface area (Å²) in [7, 11) is -3.73. The van der Waals surface area contributed by atoms with Crippen LogP contribution >= 0.6 is 0 Å². The lowest BCUT2D eigenvalue weighted by molar-refractivity contribution is 0.223. The summed E-state index contributed by atoms with van der Waals surface area (Å²) >= 11 is 0. The van der Waals surface area contributed by atoms with Crippen molar-refractivity contribution in [2.75, 3.05) is 13.1 Å². The zero-order valence-electron chi connectivity index (χ0n) is 18.1. The van der Waals surface area contributed by atoms with E-state index in [1.54, 1.807) is 36.4 Å². The third kappa shape index (κ3) is 6.93. The Morgan fingerprint density at radius 2 is 1.56 bits per heavy atom. The summed E-state index contributed by atoms with van der Waals surface area (Å²) in [5, 5.41) is 10.3. The smallest absolute Gasteiger partial charge is 0.244 e. The van der Waals surface area contributed by atoms with Gasteiger partial charge in [0, 0.05) is 18.5 Å². The van der Waals surface area contributed by atoms with Crippen LogP contribution in [0, 0.1) is 18.8 Å². The maximum atomic E-state index is 13.2. The minimum atomic E-state index is -3.73. The fourth-order valence-corrected chi connectivity index (χ4v) is 4.41. The molecule has 0 aliphatic heterocycles. The second kappa shape index (κ2) is 11.4. The zero-order valence-corrected chi connectivity index (χ0v) is 18.9. The molecule has 0 aliphatic carbocycles. The maximum Gasteiger partial charge on any atom is 0.244 e. The summed E-state index contributed by atoms with van der Waals surface area (Å²) in [4.78, 5) is 0.225. The molecule has 0 radical (unpaired) electrons. The minimum Gasteiger partial charge on any atom is -0.389 e. The Morgan fingerprint density at radius 1 is 0.938 bits per heavy atom. The average Bonchev–Trinajstić information content (AvgIpc) is 2.79. The number of benzene rings is 3. The summed E-state index contributed by atoms with van der Waals surface area (Å²) in [6.45, 7) is 2.08. The molecular weight excluding hydrogens is 418 g/mol. The summed E-state index contributed by atoms with van der Waals surface area (Å²) in [6.07, 6.45) is 3.09. The quantitative estimate of drug-likeness (QED) is 0.418. The van der Waals surface area contributed by atoms with E-state index in [-0.39, 0.29) is 18.0 Å². The van der Waals surface area contributed by atoms with Gasteiger partial charge in [-0.3, -0.25) is 0 Å². The van der Waals surface area contributed by atoms with Crippen molar-refractivity contribution in [1.82, 2.24) is 4.31 Å². The van der Waals surface area contributed by atoms with Crippen LogP contribution in [0.4, 0.5) is 0 Å². The Morgan fingerprint density at radius 3 is 2.22 bits per heavy atom. The molecule has 0 aliphatic rings. The van der Waals surface area contributed by atoms with Gasteiger partial charge in [0.05, 0.1) is 17.5 Å². The van der Waals surface area contributed by atoms with E-state index < -0.39 is 16.1 Å². The van der Waals surface area contributed by atoms with Crippen LogP contribution in [0.1, 0.15) is 16.7 Å². The molecule has 1 unspecified atom stereocenters. The Balaban J connectivity index is 1.75. The molecule has 0 amide bonds. The molecule has 1 N–H and O–H groups in total. The normalized spacial score (nSPS) is 12.5. The predicted molar refractivity (Wildman–Crippen MR) is 129 cm³/mol. The first kappa shape index (κ1) is 23.5. The highest BCUT2D eigenvalue weighted by Gasteiger charge is 2.22. The number of rotatable bonds is 8. The number of aliphatic hydroxyl groups is 1. The first-order chi connectivity index (χ1) is 15.4. The van der Waals surface area contributed by atoms with Gasteiger partial charge in [0.15, 0.2) is 0 Å². The molecule has 1 atom stereocenters. The lowest BCUT2D eigenvalue weighted by Crippen LogP contribution is -2.32. The van der Waals surface area contributed by atoms with Gasteiger partial charge in [0.25, 0.3) is 0 Å². The standard InChI is InChI=1S/C27H27NO3S/c1-23-16-18-27(19-17-23)32(30,31)28(20-8-14-24-10-4-2-5-11-24)21-9-15-26(29)22-25-12-6-3-7-13-25/h2-7,9-13,15-19,26,29H,20-22H2,1H3/b15-9-. The van der Waals surface area contributed by atoms with Crippen LogP contribution in [0.5, 0.6) is 0 Å². The fraction of sp³-hybridized carbons (Fsp3) is 0.185. The summed E-state index contributed by atoms with van der Waals surface area (Å²) < 4.78 is 27.7. The van der Waals surface area contributed by atoms with Crippen LogP contribution in [-0.4, -0.2) is 37.0 Å². The van der Waals surface area contributed by atoms with E-state index in [0.29, 0.717) is 6.42 Å². The Bertz CT molecular complexity index is 1180. The summed E-state index contributed by atoms with van der Waals surface area (Å²) in [6, 6.07) is 25.9. The maximum absolute atomic E-state index is 13.2. The lowest BCUT2D eigenvalue weighted by atomic mass is 10.1. The second-order valence-electron chi connectivity index (χ2n) is 7.46. The highest BCUT2D eigenvalue weighted by atomic mass is 32.2. The third-order valence-corrected chi connectivity index (χ3v) is 6.70. The average molecular weight is 446 g/mol. The van der Waals surface area contributed by atoms with Crippen LogP contribution in [-0.2, 0) is 16.4 Å². The first-order valence-corrected chi connectivity index (χ1v) is 11.9. The van der Waals surface area contributed by atoms with Gasteiger partial charge in [-0.05, 0) is 36.8 Å². The topological polar surface area (TPSA) is 57.6 Å². The van der Waals surface area contributed by atoms with Gasteiger partial charge >= 0.3 is 0 Å². The fourth-order valence-electron chi connectivity index (χ4n) is 3.12. The van der Waals surface area contributed by atoms with E-state index in [1.807, 2.05) is 67.6 Å². The number of nitrogens with zero attached hydrogens (tertiary/aromatic N) is 1. The highest BCUT2D eigenvalue weighted by Crippen LogP contribution is 2.16. The van der Waals surface area contributed by atoms with Gasteiger partial charge in [-0.1, -0.05) is 90.2 Å². The molecule has 5 heteroatoms. The zero-order chi connectivity index (χ0) is 22.8. The van der Waals surface area contributed by atoms with Crippen LogP contribution in [0.3, 0.4) is 0 Å². The van der Waals surface area contributed by atoms with Crippen molar-refractivity contribution in [3.63, 3.8) is 0 Å². The number of hydrogen-bond donors (Lipinski definition) is 1. The SMILES string of the molecule is Cc1ccc(S(=O)(=O)N(CC#Cc2ccccc2)C/C=C\C(O)Cc2ccccc2)cc1. The van der Waals surface area contributed by atoms with Crippen molar-refractivity contribution in [1.29, 1.82) is 0 Å². The van der Waals surface area contributed by atoms with Crippen molar-refractivity contribution in [2.45, 2.75) is 24.3 Å². The molecule has 0 heterocycles. The second-order valence-corrected chi connectivity index (χ2v) is 9.40. The summed E-state index contributed by atoms with van der Waals surface area (Å²) in [5.41, 5.74) is 2.83. The van der Waals surface area contributed by atoms with Gasteiger partial charge in [-0.25, -0.2) is 8.42 Å². The van der Waals surface area contributed by atoms with Crippen molar-refractivity contribution < 1.29 is 13.5 Å². The monoisotopic (exact) mass is 445 g/mol. The molecule has 0 aromatic heterocycles. The predicted octanol–water partition coefficient (Wildman–Crippen LogP) is 4.20. The van der Waals surface area contributed by atoms with E-state index in [9.17, 15) is 13.5 Å². The van der Waals surface area contributed by atoms with Crippen molar-refractivity contribution in [2.24, 2.45) is 0 Å². The van der Waals surface area contributed by atoms with Crippen LogP contribution in [0.2, 0.25) is 0 Å². The molecule has 0 saturated heterocycles. The first-order valence-electron chi connectivity index (χ1n) is 10.4. The van der Waals surface area contributed by atoms with Crippen molar-refractivity contribution in [3.8, 4) is 11.8 Å². The third-order valence-electron chi connectivity index (χ3n) is 4.88. The van der Waals surface area contributed by atoms with Crippen molar-refractivity contribution >= 4 is 10.0 Å². The van der Waals surface area contributed by atoms with Crippen LogP contribution in [0.25, 0.3) is 0 Å². The molecule has 3 aromatic carbocycles. The molecule has 3 rings (SSSR count). The minimum absolute atomic E-state index is 0.0459. The molecule has 164 valence electrons. The van der Waals surface area contributed by atoms with Crippen LogP contribution in [0.15, 0.2) is 102 Å². The van der Waals surface area contributed by atoms with Gasteiger partial charge in [0.1, 0.15) is 0 Å². The largest absolute Gasteiger partial charge is 0.389 e. The summed E-state index contributed by atoms with van der Waals surface area (Å²) in [5.74, 6) is 5.98. The van der Waals surface area contributed by atoms with Gasteiger partial charge < -0.3 is 5.11 Å². The molecule has 32 heavy (non-hydrogen) atoms. The molecule has 0 spiro atoms. The van der Waals surface area contributed by atoms with E-state index in [4.69, 9.17) is 0 Å². The Labute approximate surface area is 190 Å². The lowest BCUT2D eigenvalue weighted by Gasteiger charge is -2.18. The Hall–Kier alpha value is -3.17. The van der Waals surface area contributed by atoms with E-state index in [1.165, 1.54) is 4.31 Å². The van der Waals surface area contributed by atoms with Crippen molar-refractivity contribution in [3.05, 3.63) is 114 Å². The van der Waals surface area contributed by atoms with Gasteiger partial charge in [-0.2, -0.15) is 4.31 Å². The molecule has 0 saturated carbocycles. The molecule has 0 bridgehead atoms. The van der Waals surface area contributed by atoms with E-state index in [0.717, 1.165) is 16.7 Å². The number of aryl methyl sites for hydroxylation is 1. The molecule has 0 fully saturated rings. The molecule has 3 aromatic rings. The van der Waals surface area contributed by atoms with E-state index >= 15 is 0 Å². The van der Waals surface area contributed by atoms with Gasteiger partial charge in [0.2, 0.25) is 10.0 Å². The highest BCUT2D eigenvalue weighted by molar-refractivity contribution is 7.89.